The van der Waals surface area contributed by atoms with E-state index in [0.29, 0.717) is 0 Å². The van der Waals surface area contributed by atoms with Crippen LogP contribution in [0.4, 0.5) is 0 Å². The molecule has 0 saturated heterocycles. The zero-order chi connectivity index (χ0) is 36.2. The Bertz CT molecular complexity index is 1740. The van der Waals surface area contributed by atoms with Crippen molar-refractivity contribution in [3.8, 4) is 11.5 Å². The number of rotatable bonds is 12. The van der Waals surface area contributed by atoms with E-state index in [2.05, 4.69) is 168 Å². The van der Waals surface area contributed by atoms with Crippen LogP contribution in [-0.2, 0) is 32.5 Å². The van der Waals surface area contributed by atoms with Crippen molar-refractivity contribution in [1.82, 2.24) is 0 Å². The van der Waals surface area contributed by atoms with Gasteiger partial charge in [0.1, 0.15) is 11.5 Å². The molecular formula is C44H56O2S3. The fourth-order valence-electron chi connectivity index (χ4n) is 6.73. The fourth-order valence-corrected chi connectivity index (χ4v) is 11.3. The van der Waals surface area contributed by atoms with Crippen LogP contribution in [0.2, 0.25) is 0 Å². The van der Waals surface area contributed by atoms with E-state index in [1.54, 1.807) is 0 Å². The highest BCUT2D eigenvalue weighted by atomic mass is 32.1. The van der Waals surface area contributed by atoms with Crippen molar-refractivity contribution < 1.29 is 9.47 Å². The molecule has 49 heavy (non-hydrogen) atoms. The topological polar surface area (TPSA) is 18.5 Å². The first-order chi connectivity index (χ1) is 22.7. The molecule has 0 unspecified atom stereocenters. The van der Waals surface area contributed by atoms with Crippen molar-refractivity contribution >= 4 is 34.0 Å². The van der Waals surface area contributed by atoms with Gasteiger partial charge in [-0.25, -0.2) is 0 Å². The van der Waals surface area contributed by atoms with Gasteiger partial charge in [-0.1, -0.05) is 144 Å². The Hall–Kier alpha value is -2.86. The molecule has 0 amide bonds. The zero-order valence-electron chi connectivity index (χ0n) is 32.1. The van der Waals surface area contributed by atoms with Gasteiger partial charge in [0.05, 0.1) is 24.0 Å². The quantitative estimate of drug-likeness (QED) is 0.128. The van der Waals surface area contributed by atoms with Crippen LogP contribution in [0.1, 0.15) is 123 Å². The molecular weight excluding hydrogens is 657 g/mol. The van der Waals surface area contributed by atoms with Crippen molar-refractivity contribution in [2.24, 2.45) is 0 Å². The molecule has 5 rings (SSSR count). The summed E-state index contributed by atoms with van der Waals surface area (Å²) in [6, 6.07) is 30.9. The minimum Gasteiger partial charge on any atom is -0.496 e. The highest BCUT2D eigenvalue weighted by molar-refractivity contribution is 7.13. The molecule has 5 heteroatoms. The molecule has 0 aliphatic carbocycles. The summed E-state index contributed by atoms with van der Waals surface area (Å²) in [5, 5.41) is 0. The van der Waals surface area contributed by atoms with E-state index in [1.165, 1.54) is 40.4 Å². The standard InChI is InChI=1S/C44H56O2S3/c1-39(2,29-21-17-15-18-22-29)35-27-31(45-13)37(48-35)43(9,10)41(5,6)33-25-26-34(47-33)42(7,8)44(11,12)38-32(46-14)28-36(49-38)40(3,4)30-23-19-16-20-24-30/h15-28H,1-14H3. The maximum absolute atomic E-state index is 6.11. The summed E-state index contributed by atoms with van der Waals surface area (Å²) >= 11 is 5.77. The summed E-state index contributed by atoms with van der Waals surface area (Å²) in [6.45, 7) is 28.5. The third kappa shape index (κ3) is 6.23. The minimum atomic E-state index is -0.190. The Balaban J connectivity index is 1.50. The second-order valence-electron chi connectivity index (χ2n) is 16.7. The summed E-state index contributed by atoms with van der Waals surface area (Å²) in [7, 11) is 3.63. The van der Waals surface area contributed by atoms with Crippen molar-refractivity contribution in [3.63, 3.8) is 0 Å². The summed E-state index contributed by atoms with van der Waals surface area (Å²) < 4.78 is 12.2. The lowest BCUT2D eigenvalue weighted by molar-refractivity contribution is 0.299. The van der Waals surface area contributed by atoms with Crippen molar-refractivity contribution in [3.05, 3.63) is 125 Å². The molecule has 0 N–H and O–H groups in total. The van der Waals surface area contributed by atoms with E-state index in [0.717, 1.165) is 11.5 Å². The summed E-state index contributed by atoms with van der Waals surface area (Å²) in [6.07, 6.45) is 0. The maximum Gasteiger partial charge on any atom is 0.133 e. The van der Waals surface area contributed by atoms with Gasteiger partial charge in [0.2, 0.25) is 0 Å². The van der Waals surface area contributed by atoms with E-state index in [-0.39, 0.29) is 32.5 Å². The normalized spacial score (nSPS) is 13.5. The van der Waals surface area contributed by atoms with Crippen LogP contribution in [0.5, 0.6) is 11.5 Å². The third-order valence-corrected chi connectivity index (χ3v) is 17.4. The van der Waals surface area contributed by atoms with Crippen LogP contribution in [0.25, 0.3) is 0 Å². The molecule has 0 atom stereocenters. The van der Waals surface area contributed by atoms with Gasteiger partial charge in [-0.2, -0.15) is 0 Å². The number of thiophene rings is 3. The van der Waals surface area contributed by atoms with Crippen LogP contribution in [0.15, 0.2) is 84.9 Å². The summed E-state index contributed by atoms with van der Waals surface area (Å²) in [5.41, 5.74) is 1.69. The molecule has 262 valence electrons. The van der Waals surface area contributed by atoms with Gasteiger partial charge in [0, 0.05) is 52.0 Å². The third-order valence-electron chi connectivity index (χ3n) is 12.2. The minimum absolute atomic E-state index is 0.123. The lowest BCUT2D eigenvalue weighted by Gasteiger charge is -2.42. The summed E-state index contributed by atoms with van der Waals surface area (Å²) in [5.74, 6) is 1.97. The highest BCUT2D eigenvalue weighted by Gasteiger charge is 2.48. The molecule has 2 nitrogen and oxygen atoms in total. The molecule has 0 saturated carbocycles. The fraction of sp³-hybridized carbons (Fsp3) is 0.455. The van der Waals surface area contributed by atoms with Crippen molar-refractivity contribution in [1.29, 1.82) is 0 Å². The zero-order valence-corrected chi connectivity index (χ0v) is 34.6. The van der Waals surface area contributed by atoms with E-state index in [1.807, 2.05) is 48.2 Å². The van der Waals surface area contributed by atoms with E-state index >= 15 is 0 Å². The Morgan fingerprint density at radius 2 is 0.714 bits per heavy atom. The molecule has 3 aromatic heterocycles. The average Bonchev–Trinajstić information content (AvgIpc) is 3.85. The molecule has 0 radical (unpaired) electrons. The Kier molecular flexibility index (Phi) is 9.95. The van der Waals surface area contributed by atoms with Gasteiger partial charge >= 0.3 is 0 Å². The molecule has 0 bridgehead atoms. The monoisotopic (exact) mass is 712 g/mol. The van der Waals surface area contributed by atoms with Crippen LogP contribution in [0.3, 0.4) is 0 Å². The Labute approximate surface area is 308 Å². The van der Waals surface area contributed by atoms with Gasteiger partial charge < -0.3 is 9.47 Å². The first-order valence-corrected chi connectivity index (χ1v) is 19.8. The lowest BCUT2D eigenvalue weighted by Crippen LogP contribution is -2.40. The first-order valence-electron chi connectivity index (χ1n) is 17.3. The van der Waals surface area contributed by atoms with E-state index in [9.17, 15) is 0 Å². The number of benzene rings is 2. The maximum atomic E-state index is 6.11. The lowest BCUT2D eigenvalue weighted by atomic mass is 9.65. The van der Waals surface area contributed by atoms with Crippen LogP contribution >= 0.6 is 34.0 Å². The van der Waals surface area contributed by atoms with Gasteiger partial charge in [-0.05, 0) is 35.4 Å². The van der Waals surface area contributed by atoms with Crippen molar-refractivity contribution in [2.45, 2.75) is 116 Å². The van der Waals surface area contributed by atoms with Crippen molar-refractivity contribution in [2.75, 3.05) is 14.2 Å². The number of hydrogen-bond donors (Lipinski definition) is 0. The second kappa shape index (κ2) is 13.0. The molecule has 2 aromatic carbocycles. The number of ether oxygens (including phenoxy) is 2. The molecule has 3 heterocycles. The number of hydrogen-bond acceptors (Lipinski definition) is 5. The molecule has 0 aliphatic heterocycles. The van der Waals surface area contributed by atoms with Crippen LogP contribution in [-0.4, -0.2) is 14.2 Å². The van der Waals surface area contributed by atoms with Crippen LogP contribution < -0.4 is 9.47 Å². The average molecular weight is 713 g/mol. The smallest absolute Gasteiger partial charge is 0.133 e. The van der Waals surface area contributed by atoms with Gasteiger partial charge in [-0.3, -0.25) is 0 Å². The predicted octanol–water partition coefficient (Wildman–Crippen LogP) is 13.1. The van der Waals surface area contributed by atoms with Gasteiger partial charge in [0.25, 0.3) is 0 Å². The van der Waals surface area contributed by atoms with E-state index < -0.39 is 0 Å². The molecule has 5 aromatic rings. The molecule has 0 spiro atoms. The summed E-state index contributed by atoms with van der Waals surface area (Å²) in [4.78, 5) is 8.02. The second-order valence-corrected chi connectivity index (χ2v) is 19.9. The number of methoxy groups -OCH3 is 2. The Morgan fingerprint density at radius 1 is 0.388 bits per heavy atom. The first kappa shape index (κ1) is 37.4. The van der Waals surface area contributed by atoms with Gasteiger partial charge in [0.15, 0.2) is 0 Å². The van der Waals surface area contributed by atoms with Gasteiger partial charge in [-0.15, -0.1) is 34.0 Å². The molecule has 0 aliphatic rings. The Morgan fingerprint density at radius 3 is 1.02 bits per heavy atom. The SMILES string of the molecule is COc1cc(C(C)(C)c2ccccc2)sc1C(C)(C)C(C)(C)c1ccc(C(C)(C)C(C)(C)c2sc(C(C)(C)c3ccccc3)cc2OC)s1. The van der Waals surface area contributed by atoms with Crippen LogP contribution in [0, 0.1) is 0 Å². The predicted molar refractivity (Wildman–Crippen MR) is 215 cm³/mol. The van der Waals surface area contributed by atoms with E-state index in [4.69, 9.17) is 9.47 Å². The largest absolute Gasteiger partial charge is 0.496 e. The highest BCUT2D eigenvalue weighted by Crippen LogP contribution is 2.56. The molecule has 0 fully saturated rings.